The highest BCUT2D eigenvalue weighted by Crippen LogP contribution is 2.46. The van der Waals surface area contributed by atoms with E-state index < -0.39 is 49.4 Å². The molecule has 1 aromatic rings. The van der Waals surface area contributed by atoms with Gasteiger partial charge in [0.2, 0.25) is 0 Å². The van der Waals surface area contributed by atoms with Crippen LogP contribution in [0.5, 0.6) is 5.75 Å². The summed E-state index contributed by atoms with van der Waals surface area (Å²) in [5.41, 5.74) is 0.595. The van der Waals surface area contributed by atoms with Gasteiger partial charge in [-0.2, -0.15) is 30.7 Å². The summed E-state index contributed by atoms with van der Waals surface area (Å²) >= 11 is 0. The van der Waals surface area contributed by atoms with Crippen molar-refractivity contribution in [2.24, 2.45) is 0 Å². The number of benzene rings is 1. The number of hydrogen-bond donors (Lipinski definition) is 0. The van der Waals surface area contributed by atoms with E-state index in [9.17, 15) is 40.3 Å². The summed E-state index contributed by atoms with van der Waals surface area (Å²) in [5.74, 6) is -14.3. The molecule has 4 nitrogen and oxygen atoms in total. The van der Waals surface area contributed by atoms with Gasteiger partial charge in [0.1, 0.15) is 5.75 Å². The van der Waals surface area contributed by atoms with Gasteiger partial charge < -0.3 is 9.47 Å². The highest BCUT2D eigenvalue weighted by atomic mass is 19.4. The van der Waals surface area contributed by atoms with Gasteiger partial charge in [-0.15, -0.1) is 0 Å². The second-order valence-electron chi connectivity index (χ2n) is 5.18. The normalized spacial score (nSPS) is 12.6. The molecular weight excluding hydrogens is 377 g/mol. The number of ether oxygens (including phenoxy) is 2. The fraction of sp³-hybridized carbons (Fsp3) is 0.467. The van der Waals surface area contributed by atoms with Crippen LogP contribution >= 0.6 is 0 Å². The number of carbonyl (C=O) groups is 2. The van der Waals surface area contributed by atoms with Crippen LogP contribution in [0.2, 0.25) is 0 Å². The third-order valence-electron chi connectivity index (χ3n) is 3.08. The summed E-state index contributed by atoms with van der Waals surface area (Å²) in [4.78, 5) is 22.7. The Kier molecular flexibility index (Phi) is 6.61. The number of esters is 2. The first-order valence-electron chi connectivity index (χ1n) is 7.02. The molecule has 0 bridgehead atoms. The molecule has 0 saturated carbocycles. The summed E-state index contributed by atoms with van der Waals surface area (Å²) in [7, 11) is 0. The van der Waals surface area contributed by atoms with Crippen molar-refractivity contribution < 1.29 is 49.8 Å². The Morgan fingerprint density at radius 1 is 0.923 bits per heavy atom. The van der Waals surface area contributed by atoms with E-state index in [-0.39, 0.29) is 5.75 Å². The van der Waals surface area contributed by atoms with E-state index in [0.717, 1.165) is 0 Å². The summed E-state index contributed by atoms with van der Waals surface area (Å²) < 4.78 is 95.5. The standard InChI is InChI=1S/C15H13F7O4/c1-9-4-2-3-5-10(9)26-12(24)7-6-11(23)25-8-13(16,17)14(18,19)15(20,21)22/h2-5H,6-8H2,1H3. The number of alkyl halides is 7. The topological polar surface area (TPSA) is 52.6 Å². The van der Waals surface area contributed by atoms with Gasteiger partial charge in [-0.05, 0) is 18.6 Å². The van der Waals surface area contributed by atoms with E-state index >= 15 is 0 Å². The monoisotopic (exact) mass is 390 g/mol. The van der Waals surface area contributed by atoms with E-state index in [2.05, 4.69) is 4.74 Å². The number of halogens is 7. The van der Waals surface area contributed by atoms with Crippen LogP contribution in [-0.4, -0.2) is 36.6 Å². The maximum absolute atomic E-state index is 12.9. The van der Waals surface area contributed by atoms with Crippen LogP contribution < -0.4 is 4.74 Å². The molecule has 26 heavy (non-hydrogen) atoms. The largest absolute Gasteiger partial charge is 0.460 e. The number of rotatable bonds is 7. The Morgan fingerprint density at radius 2 is 1.46 bits per heavy atom. The van der Waals surface area contributed by atoms with Gasteiger partial charge in [0.05, 0.1) is 12.8 Å². The highest BCUT2D eigenvalue weighted by Gasteiger charge is 2.73. The van der Waals surface area contributed by atoms with Crippen molar-refractivity contribution in [1.29, 1.82) is 0 Å². The van der Waals surface area contributed by atoms with Gasteiger partial charge in [-0.3, -0.25) is 9.59 Å². The summed E-state index contributed by atoms with van der Waals surface area (Å²) in [6.07, 6.45) is -7.99. The van der Waals surface area contributed by atoms with Crippen LogP contribution in [0, 0.1) is 6.92 Å². The number of aryl methyl sites for hydroxylation is 1. The second-order valence-corrected chi connectivity index (χ2v) is 5.18. The lowest BCUT2D eigenvalue weighted by atomic mass is 10.2. The van der Waals surface area contributed by atoms with E-state index in [1.165, 1.54) is 6.07 Å². The van der Waals surface area contributed by atoms with Crippen molar-refractivity contribution in [3.8, 4) is 5.75 Å². The molecule has 146 valence electrons. The first-order chi connectivity index (χ1) is 11.8. The molecule has 0 saturated heterocycles. The third-order valence-corrected chi connectivity index (χ3v) is 3.08. The Morgan fingerprint density at radius 3 is 2.00 bits per heavy atom. The minimum atomic E-state index is -6.51. The Balaban J connectivity index is 2.50. The molecule has 1 aromatic carbocycles. The van der Waals surface area contributed by atoms with E-state index in [1.807, 2.05) is 0 Å². The zero-order valence-electron chi connectivity index (χ0n) is 13.2. The van der Waals surface area contributed by atoms with Crippen LogP contribution in [0.4, 0.5) is 30.7 Å². The predicted molar refractivity (Wildman–Crippen MR) is 73.0 cm³/mol. The average molecular weight is 390 g/mol. The van der Waals surface area contributed by atoms with Gasteiger partial charge in [0.15, 0.2) is 6.61 Å². The van der Waals surface area contributed by atoms with Crippen molar-refractivity contribution in [2.75, 3.05) is 6.61 Å². The second kappa shape index (κ2) is 7.92. The molecular formula is C15H13F7O4. The van der Waals surface area contributed by atoms with E-state index in [1.54, 1.807) is 25.1 Å². The number of para-hydroxylation sites is 1. The van der Waals surface area contributed by atoms with Crippen molar-refractivity contribution in [3.63, 3.8) is 0 Å². The number of hydrogen-bond acceptors (Lipinski definition) is 4. The van der Waals surface area contributed by atoms with Gasteiger partial charge in [0.25, 0.3) is 0 Å². The molecule has 1 rings (SSSR count). The molecule has 0 atom stereocenters. The van der Waals surface area contributed by atoms with Crippen molar-refractivity contribution in [2.45, 2.75) is 37.8 Å². The zero-order valence-corrected chi connectivity index (χ0v) is 13.2. The summed E-state index contributed by atoms with van der Waals surface area (Å²) in [6.45, 7) is -0.856. The summed E-state index contributed by atoms with van der Waals surface area (Å²) in [6, 6.07) is 6.30. The Hall–Kier alpha value is -2.33. The molecule has 0 unspecified atom stereocenters. The fourth-order valence-electron chi connectivity index (χ4n) is 1.59. The molecule has 0 N–H and O–H groups in total. The smallest absolute Gasteiger partial charge is 0.459 e. The highest BCUT2D eigenvalue weighted by molar-refractivity contribution is 5.79. The lowest BCUT2D eigenvalue weighted by Gasteiger charge is -2.27. The molecule has 0 aliphatic heterocycles. The first-order valence-corrected chi connectivity index (χ1v) is 7.02. The van der Waals surface area contributed by atoms with Crippen LogP contribution in [0.3, 0.4) is 0 Å². The zero-order chi connectivity index (χ0) is 20.2. The molecule has 0 radical (unpaired) electrons. The van der Waals surface area contributed by atoms with Crippen LogP contribution in [0.1, 0.15) is 18.4 Å². The maximum Gasteiger partial charge on any atom is 0.460 e. The third kappa shape index (κ3) is 5.33. The van der Waals surface area contributed by atoms with Crippen molar-refractivity contribution in [1.82, 2.24) is 0 Å². The first kappa shape index (κ1) is 21.7. The molecule has 0 amide bonds. The van der Waals surface area contributed by atoms with E-state index in [0.29, 0.717) is 5.56 Å². The Bertz CT molecular complexity index is 656. The van der Waals surface area contributed by atoms with Crippen LogP contribution in [-0.2, 0) is 14.3 Å². The van der Waals surface area contributed by atoms with Gasteiger partial charge in [0, 0.05) is 0 Å². The van der Waals surface area contributed by atoms with Gasteiger partial charge >= 0.3 is 30.0 Å². The fourth-order valence-corrected chi connectivity index (χ4v) is 1.59. The molecule has 0 aliphatic rings. The number of carbonyl (C=O) groups excluding carboxylic acids is 2. The minimum absolute atomic E-state index is 0.183. The van der Waals surface area contributed by atoms with Crippen molar-refractivity contribution in [3.05, 3.63) is 29.8 Å². The SMILES string of the molecule is Cc1ccccc1OC(=O)CCC(=O)OCC(F)(F)C(F)(F)C(F)(F)F. The molecule has 0 spiro atoms. The lowest BCUT2D eigenvalue weighted by Crippen LogP contribution is -2.54. The quantitative estimate of drug-likeness (QED) is 0.400. The summed E-state index contributed by atoms with van der Waals surface area (Å²) in [5, 5.41) is 0. The van der Waals surface area contributed by atoms with Crippen molar-refractivity contribution >= 4 is 11.9 Å². The molecule has 0 aliphatic carbocycles. The van der Waals surface area contributed by atoms with Gasteiger partial charge in [-0.25, -0.2) is 0 Å². The minimum Gasteiger partial charge on any atom is -0.459 e. The Labute approximate surface area is 142 Å². The molecule has 11 heteroatoms. The molecule has 0 aromatic heterocycles. The molecule has 0 fully saturated rings. The molecule has 0 heterocycles. The predicted octanol–water partition coefficient (Wildman–Crippen LogP) is 4.06. The van der Waals surface area contributed by atoms with Crippen LogP contribution in [0.25, 0.3) is 0 Å². The van der Waals surface area contributed by atoms with E-state index in [4.69, 9.17) is 4.74 Å². The average Bonchev–Trinajstić information content (AvgIpc) is 2.52. The lowest BCUT2D eigenvalue weighted by molar-refractivity contribution is -0.359. The van der Waals surface area contributed by atoms with Crippen LogP contribution in [0.15, 0.2) is 24.3 Å². The maximum atomic E-state index is 12.9. The van der Waals surface area contributed by atoms with Gasteiger partial charge in [-0.1, -0.05) is 18.2 Å².